The van der Waals surface area contributed by atoms with E-state index in [9.17, 15) is 0 Å². The van der Waals surface area contributed by atoms with Gasteiger partial charge in [0.15, 0.2) is 0 Å². The average molecular weight is 207 g/mol. The molecule has 0 bridgehead atoms. The van der Waals surface area contributed by atoms with Crippen LogP contribution in [0.5, 0.6) is 0 Å². The lowest BCUT2D eigenvalue weighted by Crippen LogP contribution is -1.76. The molecule has 9 heavy (non-hydrogen) atoms. The van der Waals surface area contributed by atoms with Crippen LogP contribution in [0.25, 0.3) is 0 Å². The van der Waals surface area contributed by atoms with Gasteiger partial charge in [0.05, 0.1) is 0 Å². The minimum Gasteiger partial charge on any atom is -0.134 e. The fraction of sp³-hybridized carbons (Fsp3) is 0.429. The van der Waals surface area contributed by atoms with Crippen molar-refractivity contribution < 1.29 is 0 Å². The summed E-state index contributed by atoms with van der Waals surface area (Å²) in [5.74, 6) is 0. The normalized spacial score (nSPS) is 12.9. The summed E-state index contributed by atoms with van der Waals surface area (Å²) in [7, 11) is 0. The largest absolute Gasteiger partial charge is 0.134 e. The van der Waals surface area contributed by atoms with Crippen LogP contribution in [-0.4, -0.2) is 6.26 Å². The van der Waals surface area contributed by atoms with E-state index in [1.54, 1.807) is 11.8 Å². The molecule has 0 fully saturated rings. The summed E-state index contributed by atoms with van der Waals surface area (Å²) < 4.78 is 0.981. The second-order valence-electron chi connectivity index (χ2n) is 1.79. The Kier molecular flexibility index (Phi) is 4.32. The third-order valence-corrected chi connectivity index (χ3v) is 2.75. The SMILES string of the molecule is C=C(Br)/C(C)=C(/C)SC. The van der Waals surface area contributed by atoms with Crippen LogP contribution in [0, 0.1) is 0 Å². The third-order valence-electron chi connectivity index (χ3n) is 1.24. The fourth-order valence-corrected chi connectivity index (χ4v) is 1.20. The molecule has 0 radical (unpaired) electrons. The first kappa shape index (κ1) is 9.31. The first-order valence-electron chi connectivity index (χ1n) is 2.65. The minimum atomic E-state index is 0.981. The second-order valence-corrected chi connectivity index (χ2v) is 3.77. The molecule has 0 amide bonds. The van der Waals surface area contributed by atoms with Crippen molar-refractivity contribution in [3.8, 4) is 0 Å². The Morgan fingerprint density at radius 2 is 1.89 bits per heavy atom. The Hall–Kier alpha value is 0.310. The maximum atomic E-state index is 3.77. The molecule has 2 heteroatoms. The highest BCUT2D eigenvalue weighted by atomic mass is 79.9. The van der Waals surface area contributed by atoms with Gasteiger partial charge in [-0.3, -0.25) is 0 Å². The van der Waals surface area contributed by atoms with Gasteiger partial charge in [0.2, 0.25) is 0 Å². The zero-order valence-corrected chi connectivity index (χ0v) is 8.40. The zero-order valence-electron chi connectivity index (χ0n) is 5.99. The highest BCUT2D eigenvalue weighted by molar-refractivity contribution is 9.11. The van der Waals surface area contributed by atoms with Crippen LogP contribution in [0.3, 0.4) is 0 Å². The number of allylic oxidation sites excluding steroid dienone is 3. The van der Waals surface area contributed by atoms with Crippen LogP contribution in [0.4, 0.5) is 0 Å². The minimum absolute atomic E-state index is 0.981. The van der Waals surface area contributed by atoms with Crippen molar-refractivity contribution in [1.29, 1.82) is 0 Å². The fourth-order valence-electron chi connectivity index (χ4n) is 0.344. The summed E-state index contributed by atoms with van der Waals surface area (Å²) in [6.07, 6.45) is 2.06. The van der Waals surface area contributed by atoms with Crippen molar-refractivity contribution in [3.05, 3.63) is 21.5 Å². The zero-order chi connectivity index (χ0) is 7.44. The molecule has 0 N–H and O–H groups in total. The summed E-state index contributed by atoms with van der Waals surface area (Å²) in [5, 5.41) is 0. The van der Waals surface area contributed by atoms with Crippen LogP contribution in [0.1, 0.15) is 13.8 Å². The van der Waals surface area contributed by atoms with E-state index in [4.69, 9.17) is 0 Å². The van der Waals surface area contributed by atoms with Gasteiger partial charge in [-0.15, -0.1) is 11.8 Å². The molecule has 0 saturated heterocycles. The highest BCUT2D eigenvalue weighted by Crippen LogP contribution is 2.23. The standard InChI is InChI=1S/C7H11BrS/c1-5(6(2)8)7(3)9-4/h2H2,1,3-4H3/b7-5-. The Balaban J connectivity index is 4.28. The molecule has 0 aliphatic rings. The van der Waals surface area contributed by atoms with E-state index < -0.39 is 0 Å². The summed E-state index contributed by atoms with van der Waals surface area (Å²) in [5.41, 5.74) is 1.24. The van der Waals surface area contributed by atoms with Crippen molar-refractivity contribution in [2.75, 3.05) is 6.26 Å². The molecule has 0 aromatic rings. The van der Waals surface area contributed by atoms with E-state index in [0.29, 0.717) is 0 Å². The quantitative estimate of drug-likeness (QED) is 0.624. The van der Waals surface area contributed by atoms with Crippen LogP contribution < -0.4 is 0 Å². The van der Waals surface area contributed by atoms with E-state index in [0.717, 1.165) is 4.48 Å². The summed E-state index contributed by atoms with van der Waals surface area (Å²) in [4.78, 5) is 1.32. The molecule has 0 aromatic heterocycles. The average Bonchev–Trinajstić information content (AvgIpc) is 1.84. The second kappa shape index (κ2) is 4.18. The molecule has 0 saturated carbocycles. The smallest absolute Gasteiger partial charge is 0.0140 e. The van der Waals surface area contributed by atoms with Gasteiger partial charge in [0.1, 0.15) is 0 Å². The molecule has 0 unspecified atom stereocenters. The van der Waals surface area contributed by atoms with Crippen molar-refractivity contribution in [2.24, 2.45) is 0 Å². The van der Waals surface area contributed by atoms with Gasteiger partial charge in [-0.1, -0.05) is 22.5 Å². The van der Waals surface area contributed by atoms with E-state index in [2.05, 4.69) is 42.6 Å². The van der Waals surface area contributed by atoms with Crippen molar-refractivity contribution in [1.82, 2.24) is 0 Å². The van der Waals surface area contributed by atoms with E-state index >= 15 is 0 Å². The van der Waals surface area contributed by atoms with Crippen LogP contribution >= 0.6 is 27.7 Å². The van der Waals surface area contributed by atoms with Gasteiger partial charge >= 0.3 is 0 Å². The van der Waals surface area contributed by atoms with Gasteiger partial charge in [-0.05, 0) is 30.6 Å². The Morgan fingerprint density at radius 3 is 2.00 bits per heavy atom. The monoisotopic (exact) mass is 206 g/mol. The van der Waals surface area contributed by atoms with Gasteiger partial charge in [0, 0.05) is 4.48 Å². The summed E-state index contributed by atoms with van der Waals surface area (Å²) in [6.45, 7) is 7.92. The summed E-state index contributed by atoms with van der Waals surface area (Å²) in [6, 6.07) is 0. The molecule has 0 aliphatic carbocycles. The van der Waals surface area contributed by atoms with E-state index in [1.165, 1.54) is 10.5 Å². The Bertz CT molecular complexity index is 147. The molecule has 0 rings (SSSR count). The van der Waals surface area contributed by atoms with Gasteiger partial charge in [0.25, 0.3) is 0 Å². The lowest BCUT2D eigenvalue weighted by atomic mass is 10.3. The number of rotatable bonds is 2. The molecular formula is C7H11BrS. The van der Waals surface area contributed by atoms with Gasteiger partial charge < -0.3 is 0 Å². The Morgan fingerprint density at radius 1 is 1.44 bits per heavy atom. The Labute approximate surface area is 69.5 Å². The van der Waals surface area contributed by atoms with Crippen LogP contribution in [0.2, 0.25) is 0 Å². The maximum Gasteiger partial charge on any atom is 0.0140 e. The van der Waals surface area contributed by atoms with Gasteiger partial charge in [-0.2, -0.15) is 0 Å². The molecule has 52 valence electrons. The number of thioether (sulfide) groups is 1. The molecule has 0 heterocycles. The maximum absolute atomic E-state index is 3.77. The lowest BCUT2D eigenvalue weighted by molar-refractivity contribution is 1.45. The summed E-state index contributed by atoms with van der Waals surface area (Å²) >= 11 is 5.07. The molecule has 0 spiro atoms. The van der Waals surface area contributed by atoms with Crippen LogP contribution in [0.15, 0.2) is 21.5 Å². The number of hydrogen-bond donors (Lipinski definition) is 0. The number of halogens is 1. The molecule has 0 atom stereocenters. The predicted octanol–water partition coefficient (Wildman–Crippen LogP) is 3.55. The molecular weight excluding hydrogens is 196 g/mol. The predicted molar refractivity (Wildman–Crippen MR) is 50.0 cm³/mol. The topological polar surface area (TPSA) is 0 Å². The van der Waals surface area contributed by atoms with Gasteiger partial charge in [-0.25, -0.2) is 0 Å². The van der Waals surface area contributed by atoms with Crippen molar-refractivity contribution >= 4 is 27.7 Å². The van der Waals surface area contributed by atoms with E-state index in [-0.39, 0.29) is 0 Å². The van der Waals surface area contributed by atoms with Crippen molar-refractivity contribution in [3.63, 3.8) is 0 Å². The van der Waals surface area contributed by atoms with Crippen LogP contribution in [-0.2, 0) is 0 Å². The number of hydrogen-bond acceptors (Lipinski definition) is 1. The highest BCUT2D eigenvalue weighted by Gasteiger charge is 1.95. The first-order valence-corrected chi connectivity index (χ1v) is 4.67. The molecule has 0 nitrogen and oxygen atoms in total. The lowest BCUT2D eigenvalue weighted by Gasteiger charge is -2.00. The third kappa shape index (κ3) is 3.11. The molecule has 0 aromatic carbocycles. The van der Waals surface area contributed by atoms with Crippen molar-refractivity contribution in [2.45, 2.75) is 13.8 Å². The molecule has 0 aliphatic heterocycles. The van der Waals surface area contributed by atoms with E-state index in [1.807, 2.05) is 0 Å². The first-order chi connectivity index (χ1) is 4.09.